The van der Waals surface area contributed by atoms with Crippen LogP contribution in [-0.2, 0) is 16.1 Å². The molecule has 142 valence electrons. The summed E-state index contributed by atoms with van der Waals surface area (Å²) < 4.78 is 6.39. The Bertz CT molecular complexity index is 885. The molecular weight excluding hydrogens is 354 g/mol. The fourth-order valence-corrected chi connectivity index (χ4v) is 3.98. The first-order chi connectivity index (χ1) is 12.3. The summed E-state index contributed by atoms with van der Waals surface area (Å²) in [4.78, 5) is 42.5. The van der Waals surface area contributed by atoms with Gasteiger partial charge in [0, 0.05) is 6.04 Å². The molecule has 7 nitrogen and oxygen atoms in total. The molecule has 2 rings (SSSR count). The minimum absolute atomic E-state index is 0.0542. The zero-order chi connectivity index (χ0) is 19.4. The first-order valence-corrected chi connectivity index (χ1v) is 9.58. The van der Waals surface area contributed by atoms with Gasteiger partial charge in [-0.2, -0.15) is 0 Å². The minimum Gasteiger partial charge on any atom is -0.462 e. The average molecular weight is 379 g/mol. The normalized spacial score (nSPS) is 12.2. The minimum atomic E-state index is -0.456. The van der Waals surface area contributed by atoms with E-state index < -0.39 is 5.97 Å². The molecule has 1 N–H and O–H groups in total. The molecule has 1 atom stereocenters. The second-order valence-electron chi connectivity index (χ2n) is 6.26. The number of nitrogens with one attached hydrogen (secondary N) is 1. The highest BCUT2D eigenvalue weighted by Gasteiger charge is 2.22. The van der Waals surface area contributed by atoms with E-state index in [1.807, 2.05) is 6.92 Å². The molecule has 0 radical (unpaired) electrons. The van der Waals surface area contributed by atoms with Crippen molar-refractivity contribution in [2.24, 2.45) is 0 Å². The van der Waals surface area contributed by atoms with Gasteiger partial charge in [0.1, 0.15) is 22.1 Å². The van der Waals surface area contributed by atoms with Crippen molar-refractivity contribution in [3.05, 3.63) is 26.6 Å². The van der Waals surface area contributed by atoms with Crippen molar-refractivity contribution in [3.63, 3.8) is 0 Å². The van der Waals surface area contributed by atoms with Crippen molar-refractivity contribution >= 4 is 33.4 Å². The summed E-state index contributed by atoms with van der Waals surface area (Å²) in [5, 5.41) is 3.26. The lowest BCUT2D eigenvalue weighted by molar-refractivity contribution is -0.122. The van der Waals surface area contributed by atoms with Gasteiger partial charge in [-0.05, 0) is 39.7 Å². The number of carbonyl (C=O) groups excluding carboxylic acids is 2. The van der Waals surface area contributed by atoms with Crippen LogP contribution in [0.2, 0.25) is 0 Å². The molecule has 1 unspecified atom stereocenters. The number of esters is 1. The first kappa shape index (κ1) is 20.1. The summed E-state index contributed by atoms with van der Waals surface area (Å²) in [6.07, 6.45) is 1.85. The number of carbonyl (C=O) groups is 2. The Kier molecular flexibility index (Phi) is 6.52. The van der Waals surface area contributed by atoms with E-state index in [1.54, 1.807) is 20.8 Å². The second kappa shape index (κ2) is 8.44. The van der Waals surface area contributed by atoms with Gasteiger partial charge in [0.05, 0.1) is 12.0 Å². The van der Waals surface area contributed by atoms with E-state index in [2.05, 4.69) is 17.2 Å². The summed E-state index contributed by atoms with van der Waals surface area (Å²) in [6.45, 7) is 9.28. The number of thiophene rings is 1. The van der Waals surface area contributed by atoms with Crippen molar-refractivity contribution in [2.75, 3.05) is 6.61 Å². The third-order valence-corrected chi connectivity index (χ3v) is 5.30. The van der Waals surface area contributed by atoms with Crippen LogP contribution < -0.4 is 10.9 Å². The summed E-state index contributed by atoms with van der Waals surface area (Å²) >= 11 is 1.15. The van der Waals surface area contributed by atoms with Gasteiger partial charge in [-0.15, -0.1) is 11.3 Å². The van der Waals surface area contributed by atoms with E-state index in [9.17, 15) is 14.4 Å². The number of rotatable bonds is 7. The predicted molar refractivity (Wildman–Crippen MR) is 102 cm³/mol. The topological polar surface area (TPSA) is 90.3 Å². The van der Waals surface area contributed by atoms with Gasteiger partial charge in [0.15, 0.2) is 0 Å². The molecule has 1 amide bonds. The van der Waals surface area contributed by atoms with Crippen LogP contribution in [-0.4, -0.2) is 34.1 Å². The van der Waals surface area contributed by atoms with Crippen LogP contribution in [0.25, 0.3) is 10.2 Å². The number of aromatic nitrogens is 2. The first-order valence-electron chi connectivity index (χ1n) is 8.77. The molecule has 2 aromatic rings. The van der Waals surface area contributed by atoms with Crippen LogP contribution in [0.3, 0.4) is 0 Å². The van der Waals surface area contributed by atoms with Crippen molar-refractivity contribution < 1.29 is 14.3 Å². The third kappa shape index (κ3) is 4.12. The Hall–Kier alpha value is -2.22. The third-order valence-electron chi connectivity index (χ3n) is 4.13. The molecular formula is C18H25N3O4S. The van der Waals surface area contributed by atoms with Gasteiger partial charge in [-0.1, -0.05) is 13.3 Å². The molecule has 0 aromatic carbocycles. The molecule has 26 heavy (non-hydrogen) atoms. The van der Waals surface area contributed by atoms with Gasteiger partial charge < -0.3 is 10.1 Å². The number of aryl methyl sites for hydroxylation is 2. The van der Waals surface area contributed by atoms with E-state index in [1.165, 1.54) is 4.57 Å². The monoisotopic (exact) mass is 379 g/mol. The Morgan fingerprint density at radius 3 is 2.62 bits per heavy atom. The lowest BCUT2D eigenvalue weighted by Gasteiger charge is -2.14. The van der Waals surface area contributed by atoms with Crippen LogP contribution in [0.15, 0.2) is 4.79 Å². The zero-order valence-corrected chi connectivity index (χ0v) is 16.7. The number of nitrogens with zero attached hydrogens (tertiary/aromatic N) is 2. The van der Waals surface area contributed by atoms with Crippen LogP contribution >= 0.6 is 11.3 Å². The SMILES string of the molecule is CCCC(C)NC(=O)Cn1c(C)nc2sc(C(=O)OCC)c(C)c2c1=O. The standard InChI is InChI=1S/C18H25N3O4S/c1-6-8-10(3)19-13(22)9-21-12(5)20-16-14(17(21)23)11(4)15(26-16)18(24)25-7-2/h10H,6-9H2,1-5H3,(H,19,22). The maximum atomic E-state index is 12.9. The van der Waals surface area contributed by atoms with Gasteiger partial charge >= 0.3 is 5.97 Å². The predicted octanol–water partition coefficient (Wildman–Crippen LogP) is 2.56. The van der Waals surface area contributed by atoms with Gasteiger partial charge in [0.2, 0.25) is 5.91 Å². The summed E-state index contributed by atoms with van der Waals surface area (Å²) in [6, 6.07) is 0.0542. The van der Waals surface area contributed by atoms with Gasteiger partial charge in [0.25, 0.3) is 5.56 Å². The molecule has 0 saturated heterocycles. The maximum Gasteiger partial charge on any atom is 0.348 e. The lowest BCUT2D eigenvalue weighted by Crippen LogP contribution is -2.38. The molecule has 0 saturated carbocycles. The molecule has 2 aromatic heterocycles. The van der Waals surface area contributed by atoms with Crippen molar-refractivity contribution in [1.82, 2.24) is 14.9 Å². The highest BCUT2D eigenvalue weighted by molar-refractivity contribution is 7.20. The summed E-state index contributed by atoms with van der Waals surface area (Å²) in [7, 11) is 0. The average Bonchev–Trinajstić information content (AvgIpc) is 2.88. The molecule has 0 bridgehead atoms. The summed E-state index contributed by atoms with van der Waals surface area (Å²) in [5.41, 5.74) is 0.240. The highest BCUT2D eigenvalue weighted by atomic mass is 32.1. The van der Waals surface area contributed by atoms with Gasteiger partial charge in [-0.25, -0.2) is 9.78 Å². The molecule has 0 aliphatic rings. The molecule has 0 fully saturated rings. The smallest absolute Gasteiger partial charge is 0.348 e. The van der Waals surface area contributed by atoms with E-state index >= 15 is 0 Å². The van der Waals surface area contributed by atoms with Crippen molar-refractivity contribution in [3.8, 4) is 0 Å². The number of amides is 1. The summed E-state index contributed by atoms with van der Waals surface area (Å²) in [5.74, 6) is -0.240. The lowest BCUT2D eigenvalue weighted by atomic mass is 10.2. The van der Waals surface area contributed by atoms with Crippen LogP contribution in [0, 0.1) is 13.8 Å². The maximum absolute atomic E-state index is 12.9. The fourth-order valence-electron chi connectivity index (χ4n) is 2.86. The number of hydrogen-bond donors (Lipinski definition) is 1. The molecule has 0 aliphatic carbocycles. The largest absolute Gasteiger partial charge is 0.462 e. The van der Waals surface area contributed by atoms with Crippen LogP contribution in [0.1, 0.15) is 54.7 Å². The zero-order valence-electron chi connectivity index (χ0n) is 15.8. The van der Waals surface area contributed by atoms with E-state index in [0.29, 0.717) is 26.5 Å². The second-order valence-corrected chi connectivity index (χ2v) is 7.26. The Morgan fingerprint density at radius 1 is 1.31 bits per heavy atom. The van der Waals surface area contributed by atoms with Gasteiger partial charge in [-0.3, -0.25) is 14.2 Å². The van der Waals surface area contributed by atoms with E-state index in [0.717, 1.165) is 24.2 Å². The quantitative estimate of drug-likeness (QED) is 0.747. The van der Waals surface area contributed by atoms with Crippen molar-refractivity contribution in [1.29, 1.82) is 0 Å². The molecule has 0 aliphatic heterocycles. The highest BCUT2D eigenvalue weighted by Crippen LogP contribution is 2.28. The van der Waals surface area contributed by atoms with Crippen LogP contribution in [0.4, 0.5) is 0 Å². The Labute approximate surface area is 156 Å². The van der Waals surface area contributed by atoms with E-state index in [4.69, 9.17) is 4.74 Å². The molecule has 2 heterocycles. The Morgan fingerprint density at radius 2 is 2.00 bits per heavy atom. The number of ether oxygens (including phenoxy) is 1. The fraction of sp³-hybridized carbons (Fsp3) is 0.556. The number of fused-ring (bicyclic) bond motifs is 1. The van der Waals surface area contributed by atoms with E-state index in [-0.39, 0.29) is 30.7 Å². The molecule has 0 spiro atoms. The Balaban J connectivity index is 2.40. The van der Waals surface area contributed by atoms with Crippen molar-refractivity contribution in [2.45, 2.75) is 60.0 Å². The molecule has 8 heteroatoms. The van der Waals surface area contributed by atoms with Crippen LogP contribution in [0.5, 0.6) is 0 Å². The number of hydrogen-bond acceptors (Lipinski definition) is 6.